The van der Waals surface area contributed by atoms with E-state index in [-0.39, 0.29) is 0 Å². The van der Waals surface area contributed by atoms with Crippen LogP contribution >= 0.6 is 15.9 Å². The first-order valence-electron chi connectivity index (χ1n) is 6.39. The molecule has 0 bridgehead atoms. The summed E-state index contributed by atoms with van der Waals surface area (Å²) in [6.45, 7) is 4.00. The number of hydrogen-bond donors (Lipinski definition) is 1. The third-order valence-electron chi connectivity index (χ3n) is 3.28. The molecule has 1 aliphatic rings. The fourth-order valence-electron chi connectivity index (χ4n) is 2.30. The maximum absolute atomic E-state index is 5.51. The number of rotatable bonds is 4. The lowest BCUT2D eigenvalue weighted by Gasteiger charge is -2.28. The lowest BCUT2D eigenvalue weighted by molar-refractivity contribution is 0.0661. The van der Waals surface area contributed by atoms with Crippen LogP contribution < -0.4 is 5.32 Å². The molecule has 0 aliphatic carbocycles. The Morgan fingerprint density at radius 2 is 2.18 bits per heavy atom. The number of hydrogen-bond acceptors (Lipinski definition) is 2. The summed E-state index contributed by atoms with van der Waals surface area (Å²) >= 11 is 3.47. The Balaban J connectivity index is 1.97. The zero-order valence-electron chi connectivity index (χ0n) is 10.3. The zero-order chi connectivity index (χ0) is 12.1. The molecule has 1 N–H and O–H groups in total. The van der Waals surface area contributed by atoms with Crippen molar-refractivity contribution in [2.75, 3.05) is 13.2 Å². The summed E-state index contributed by atoms with van der Waals surface area (Å²) in [6, 6.07) is 9.55. The molecule has 2 atom stereocenters. The first-order chi connectivity index (χ1) is 8.29. The second-order valence-electron chi connectivity index (χ2n) is 4.59. The van der Waals surface area contributed by atoms with Crippen LogP contribution in [0.15, 0.2) is 28.7 Å². The van der Waals surface area contributed by atoms with Crippen molar-refractivity contribution in [3.05, 3.63) is 34.3 Å². The highest BCUT2D eigenvalue weighted by molar-refractivity contribution is 9.10. The first-order valence-corrected chi connectivity index (χ1v) is 7.18. The van der Waals surface area contributed by atoms with Gasteiger partial charge in [0.15, 0.2) is 0 Å². The van der Waals surface area contributed by atoms with E-state index in [9.17, 15) is 0 Å². The summed E-state index contributed by atoms with van der Waals surface area (Å²) in [5.41, 5.74) is 1.36. The molecule has 0 radical (unpaired) electrons. The van der Waals surface area contributed by atoms with Gasteiger partial charge in [-0.1, -0.05) is 35.0 Å². The molecule has 1 fully saturated rings. The van der Waals surface area contributed by atoms with Crippen LogP contribution in [0.25, 0.3) is 0 Å². The van der Waals surface area contributed by atoms with Gasteiger partial charge in [0.25, 0.3) is 0 Å². The van der Waals surface area contributed by atoms with Crippen molar-refractivity contribution in [2.24, 2.45) is 0 Å². The van der Waals surface area contributed by atoms with E-state index in [1.54, 1.807) is 0 Å². The van der Waals surface area contributed by atoms with Gasteiger partial charge in [0.2, 0.25) is 0 Å². The topological polar surface area (TPSA) is 21.3 Å². The van der Waals surface area contributed by atoms with E-state index in [1.807, 2.05) is 0 Å². The highest BCUT2D eigenvalue weighted by Crippen LogP contribution is 2.21. The second kappa shape index (κ2) is 6.53. The minimum absolute atomic E-state index is 0.440. The van der Waals surface area contributed by atoms with E-state index in [1.165, 1.54) is 18.4 Å². The molecular formula is C14H20BrNO. The number of halogens is 1. The molecule has 2 nitrogen and oxygen atoms in total. The quantitative estimate of drug-likeness (QED) is 0.916. The van der Waals surface area contributed by atoms with Crippen LogP contribution in [0.1, 0.15) is 37.8 Å². The van der Waals surface area contributed by atoms with Gasteiger partial charge in [0, 0.05) is 23.2 Å². The van der Waals surface area contributed by atoms with Gasteiger partial charge in [-0.25, -0.2) is 0 Å². The molecule has 0 aromatic heterocycles. The van der Waals surface area contributed by atoms with Crippen LogP contribution in [0.4, 0.5) is 0 Å². The Hall–Kier alpha value is -0.380. The minimum Gasteiger partial charge on any atom is -0.380 e. The van der Waals surface area contributed by atoms with E-state index in [0.29, 0.717) is 12.1 Å². The van der Waals surface area contributed by atoms with Gasteiger partial charge < -0.3 is 10.1 Å². The Morgan fingerprint density at radius 1 is 1.41 bits per heavy atom. The van der Waals surface area contributed by atoms with Crippen molar-refractivity contribution in [3.63, 3.8) is 0 Å². The Bertz CT molecular complexity index is 333. The molecule has 1 saturated heterocycles. The normalized spacial score (nSPS) is 22.4. The summed E-state index contributed by atoms with van der Waals surface area (Å²) in [5.74, 6) is 0. The van der Waals surface area contributed by atoms with Crippen LogP contribution in [-0.2, 0) is 4.74 Å². The lowest BCUT2D eigenvalue weighted by Crippen LogP contribution is -2.38. The van der Waals surface area contributed by atoms with E-state index in [4.69, 9.17) is 4.74 Å². The predicted octanol–water partition coefficient (Wildman–Crippen LogP) is 3.67. The molecule has 1 aliphatic heterocycles. The molecule has 1 aromatic carbocycles. The second-order valence-corrected chi connectivity index (χ2v) is 5.51. The molecule has 0 amide bonds. The van der Waals surface area contributed by atoms with E-state index in [0.717, 1.165) is 24.1 Å². The Kier molecular flexibility index (Phi) is 5.01. The third kappa shape index (κ3) is 3.80. The summed E-state index contributed by atoms with van der Waals surface area (Å²) in [7, 11) is 0. The van der Waals surface area contributed by atoms with Crippen LogP contribution in [0, 0.1) is 0 Å². The average molecular weight is 298 g/mol. The summed E-state index contributed by atoms with van der Waals surface area (Å²) in [6.07, 6.45) is 3.51. The standard InChI is InChI=1S/C14H20BrNO/c1-2-14(11-5-7-12(15)8-6-11)16-13-4-3-9-17-10-13/h5-8,13-14,16H,2-4,9-10H2,1H3. The average Bonchev–Trinajstić information content (AvgIpc) is 2.38. The van der Waals surface area contributed by atoms with Gasteiger partial charge in [-0.15, -0.1) is 0 Å². The maximum Gasteiger partial charge on any atom is 0.0619 e. The van der Waals surface area contributed by atoms with Crippen LogP contribution in [0.5, 0.6) is 0 Å². The van der Waals surface area contributed by atoms with Crippen molar-refractivity contribution in [2.45, 2.75) is 38.3 Å². The highest BCUT2D eigenvalue weighted by Gasteiger charge is 2.18. The van der Waals surface area contributed by atoms with Crippen LogP contribution in [-0.4, -0.2) is 19.3 Å². The van der Waals surface area contributed by atoms with Gasteiger partial charge in [-0.3, -0.25) is 0 Å². The first kappa shape index (κ1) is 13.1. The van der Waals surface area contributed by atoms with E-state index in [2.05, 4.69) is 52.4 Å². The van der Waals surface area contributed by atoms with Crippen molar-refractivity contribution < 1.29 is 4.74 Å². The fourth-order valence-corrected chi connectivity index (χ4v) is 2.57. The summed E-state index contributed by atoms with van der Waals surface area (Å²) in [4.78, 5) is 0. The fraction of sp³-hybridized carbons (Fsp3) is 0.571. The van der Waals surface area contributed by atoms with Gasteiger partial charge in [-0.05, 0) is 37.0 Å². The van der Waals surface area contributed by atoms with Crippen molar-refractivity contribution in [1.82, 2.24) is 5.32 Å². The monoisotopic (exact) mass is 297 g/mol. The smallest absolute Gasteiger partial charge is 0.0619 e. The third-order valence-corrected chi connectivity index (χ3v) is 3.81. The molecule has 1 heterocycles. The molecule has 3 heteroatoms. The molecular weight excluding hydrogens is 278 g/mol. The highest BCUT2D eigenvalue weighted by atomic mass is 79.9. The van der Waals surface area contributed by atoms with Crippen LogP contribution in [0.2, 0.25) is 0 Å². The predicted molar refractivity (Wildman–Crippen MR) is 74.2 cm³/mol. The van der Waals surface area contributed by atoms with Crippen LogP contribution in [0.3, 0.4) is 0 Å². The molecule has 94 valence electrons. The van der Waals surface area contributed by atoms with Gasteiger partial charge in [0.05, 0.1) is 6.61 Å². The molecule has 0 saturated carbocycles. The maximum atomic E-state index is 5.51. The molecule has 0 spiro atoms. The SMILES string of the molecule is CCC(NC1CCCOC1)c1ccc(Br)cc1. The summed E-state index contributed by atoms with van der Waals surface area (Å²) < 4.78 is 6.65. The van der Waals surface area contributed by atoms with Crippen molar-refractivity contribution in [1.29, 1.82) is 0 Å². The minimum atomic E-state index is 0.440. The van der Waals surface area contributed by atoms with Gasteiger partial charge >= 0.3 is 0 Å². The number of ether oxygens (including phenoxy) is 1. The zero-order valence-corrected chi connectivity index (χ0v) is 11.9. The molecule has 2 rings (SSSR count). The van der Waals surface area contributed by atoms with E-state index >= 15 is 0 Å². The van der Waals surface area contributed by atoms with E-state index < -0.39 is 0 Å². The summed E-state index contributed by atoms with van der Waals surface area (Å²) in [5, 5.41) is 3.70. The van der Waals surface area contributed by atoms with Crippen molar-refractivity contribution >= 4 is 15.9 Å². The lowest BCUT2D eigenvalue weighted by atomic mass is 10.0. The Labute approximate surface area is 112 Å². The Morgan fingerprint density at radius 3 is 2.76 bits per heavy atom. The molecule has 1 aromatic rings. The molecule has 2 unspecified atom stereocenters. The number of benzene rings is 1. The molecule has 17 heavy (non-hydrogen) atoms. The largest absolute Gasteiger partial charge is 0.380 e. The van der Waals surface area contributed by atoms with Gasteiger partial charge in [0.1, 0.15) is 0 Å². The number of nitrogens with one attached hydrogen (secondary N) is 1. The van der Waals surface area contributed by atoms with Crippen molar-refractivity contribution in [3.8, 4) is 0 Å². The van der Waals surface area contributed by atoms with Gasteiger partial charge in [-0.2, -0.15) is 0 Å².